The molecule has 3 aromatic rings. The molecular weight excluding hydrogens is 320 g/mol. The number of rotatable bonds is 5. The smallest absolute Gasteiger partial charge is 0.251 e. The maximum absolute atomic E-state index is 12.3. The number of hydrogen-bond donors (Lipinski definition) is 1. The van der Waals surface area contributed by atoms with Crippen molar-refractivity contribution in [3.8, 4) is 11.5 Å². The van der Waals surface area contributed by atoms with Crippen molar-refractivity contribution >= 4 is 5.91 Å². The summed E-state index contributed by atoms with van der Waals surface area (Å²) in [5.41, 5.74) is 2.63. The molecule has 0 aliphatic carbocycles. The highest BCUT2D eigenvalue weighted by atomic mass is 16.7. The summed E-state index contributed by atoms with van der Waals surface area (Å²) in [6, 6.07) is 13.1. The van der Waals surface area contributed by atoms with E-state index in [1.54, 1.807) is 23.1 Å². The summed E-state index contributed by atoms with van der Waals surface area (Å²) in [6.45, 7) is 1.29. The van der Waals surface area contributed by atoms with E-state index in [1.807, 2.05) is 30.3 Å². The topological polar surface area (TPSA) is 78.3 Å². The van der Waals surface area contributed by atoms with Gasteiger partial charge >= 0.3 is 0 Å². The molecule has 2 aromatic carbocycles. The first-order valence-electron chi connectivity index (χ1n) is 7.86. The largest absolute Gasteiger partial charge is 0.454 e. The maximum Gasteiger partial charge on any atom is 0.251 e. The van der Waals surface area contributed by atoms with Crippen LogP contribution >= 0.6 is 0 Å². The molecule has 7 nitrogen and oxygen atoms in total. The van der Waals surface area contributed by atoms with Crippen LogP contribution in [0.3, 0.4) is 0 Å². The van der Waals surface area contributed by atoms with E-state index in [4.69, 9.17) is 9.47 Å². The highest BCUT2D eigenvalue weighted by Crippen LogP contribution is 2.32. The summed E-state index contributed by atoms with van der Waals surface area (Å²) >= 11 is 0. The van der Waals surface area contributed by atoms with Crippen LogP contribution in [-0.2, 0) is 13.1 Å². The number of ether oxygens (including phenoxy) is 2. The average molecular weight is 336 g/mol. The molecule has 0 saturated heterocycles. The average Bonchev–Trinajstić information content (AvgIpc) is 3.31. The van der Waals surface area contributed by atoms with Crippen molar-refractivity contribution < 1.29 is 14.3 Å². The molecule has 2 heterocycles. The Bertz CT molecular complexity index is 876. The Labute approximate surface area is 144 Å². The van der Waals surface area contributed by atoms with Gasteiger partial charge in [-0.05, 0) is 35.4 Å². The molecule has 0 radical (unpaired) electrons. The monoisotopic (exact) mass is 336 g/mol. The van der Waals surface area contributed by atoms with Gasteiger partial charge in [0.1, 0.15) is 12.7 Å². The highest BCUT2D eigenvalue weighted by Gasteiger charge is 2.13. The van der Waals surface area contributed by atoms with Gasteiger partial charge in [-0.1, -0.05) is 18.2 Å². The zero-order valence-electron chi connectivity index (χ0n) is 13.4. The number of nitrogens with one attached hydrogen (secondary N) is 1. The van der Waals surface area contributed by atoms with Gasteiger partial charge in [0.05, 0.1) is 6.54 Å². The standard InChI is InChI=1S/C18H16N4O3/c23-18(20-8-14-3-6-16-17(7-14)25-12-24-16)15-4-1-13(2-5-15)9-22-11-19-10-21-22/h1-7,10-11H,8-9,12H2,(H,20,23). The number of fused-ring (bicyclic) bond motifs is 1. The van der Waals surface area contributed by atoms with Gasteiger partial charge in [-0.2, -0.15) is 5.10 Å². The molecule has 1 aliphatic rings. The number of carbonyl (C=O) groups is 1. The Morgan fingerprint density at radius 2 is 1.88 bits per heavy atom. The van der Waals surface area contributed by atoms with Gasteiger partial charge < -0.3 is 14.8 Å². The number of nitrogens with zero attached hydrogens (tertiary/aromatic N) is 3. The normalized spacial score (nSPS) is 12.2. The Hall–Kier alpha value is -3.35. The second kappa shape index (κ2) is 6.64. The molecule has 1 N–H and O–H groups in total. The predicted octanol–water partition coefficient (Wildman–Crippen LogP) is 1.99. The van der Waals surface area contributed by atoms with Crippen molar-refractivity contribution in [3.05, 3.63) is 71.8 Å². The SMILES string of the molecule is O=C(NCc1ccc2c(c1)OCO2)c1ccc(Cn2cncn2)cc1. The lowest BCUT2D eigenvalue weighted by molar-refractivity contribution is 0.0951. The van der Waals surface area contributed by atoms with E-state index in [2.05, 4.69) is 15.4 Å². The van der Waals surface area contributed by atoms with Gasteiger partial charge in [0.15, 0.2) is 11.5 Å². The lowest BCUT2D eigenvalue weighted by Gasteiger charge is -2.07. The molecule has 4 rings (SSSR count). The van der Waals surface area contributed by atoms with Crippen LogP contribution in [0.4, 0.5) is 0 Å². The van der Waals surface area contributed by atoms with Crippen LogP contribution in [0.5, 0.6) is 11.5 Å². The van der Waals surface area contributed by atoms with Crippen LogP contribution in [-0.4, -0.2) is 27.5 Å². The van der Waals surface area contributed by atoms with E-state index < -0.39 is 0 Å². The van der Waals surface area contributed by atoms with E-state index in [9.17, 15) is 4.79 Å². The molecule has 7 heteroatoms. The molecular formula is C18H16N4O3. The highest BCUT2D eigenvalue weighted by molar-refractivity contribution is 5.94. The Kier molecular flexibility index (Phi) is 4.04. The fourth-order valence-corrected chi connectivity index (χ4v) is 2.60. The molecule has 1 aromatic heterocycles. The van der Waals surface area contributed by atoms with Crippen LogP contribution < -0.4 is 14.8 Å². The van der Waals surface area contributed by atoms with Gasteiger partial charge in [-0.25, -0.2) is 9.67 Å². The first-order chi connectivity index (χ1) is 12.3. The zero-order valence-corrected chi connectivity index (χ0v) is 13.4. The second-order valence-electron chi connectivity index (χ2n) is 5.66. The van der Waals surface area contributed by atoms with Crippen molar-refractivity contribution in [2.75, 3.05) is 6.79 Å². The number of aromatic nitrogens is 3. The molecule has 0 fully saturated rings. The minimum Gasteiger partial charge on any atom is -0.454 e. The summed E-state index contributed by atoms with van der Waals surface area (Å²) in [5, 5.41) is 6.97. The number of amides is 1. The van der Waals surface area contributed by atoms with Crippen LogP contribution in [0.25, 0.3) is 0 Å². The van der Waals surface area contributed by atoms with Gasteiger partial charge in [0.2, 0.25) is 6.79 Å². The molecule has 1 amide bonds. The molecule has 0 unspecified atom stereocenters. The van der Waals surface area contributed by atoms with Crippen LogP contribution in [0, 0.1) is 0 Å². The van der Waals surface area contributed by atoms with E-state index >= 15 is 0 Å². The first-order valence-corrected chi connectivity index (χ1v) is 7.86. The molecule has 0 bridgehead atoms. The lowest BCUT2D eigenvalue weighted by Crippen LogP contribution is -2.22. The third-order valence-electron chi connectivity index (χ3n) is 3.92. The van der Waals surface area contributed by atoms with Crippen molar-refractivity contribution in [1.82, 2.24) is 20.1 Å². The van der Waals surface area contributed by atoms with Gasteiger partial charge in [-0.15, -0.1) is 0 Å². The van der Waals surface area contributed by atoms with E-state index in [-0.39, 0.29) is 12.7 Å². The molecule has 0 atom stereocenters. The molecule has 0 saturated carbocycles. The number of hydrogen-bond acceptors (Lipinski definition) is 5. The Morgan fingerprint density at radius 3 is 2.68 bits per heavy atom. The second-order valence-corrected chi connectivity index (χ2v) is 5.66. The Balaban J connectivity index is 1.36. The van der Waals surface area contributed by atoms with Gasteiger partial charge in [0.25, 0.3) is 5.91 Å². The lowest BCUT2D eigenvalue weighted by atomic mass is 10.1. The van der Waals surface area contributed by atoms with Crippen molar-refractivity contribution in [1.29, 1.82) is 0 Å². The summed E-state index contributed by atoms with van der Waals surface area (Å²) in [7, 11) is 0. The fraction of sp³-hybridized carbons (Fsp3) is 0.167. The summed E-state index contributed by atoms with van der Waals surface area (Å²) < 4.78 is 12.3. The fourth-order valence-electron chi connectivity index (χ4n) is 2.60. The van der Waals surface area contributed by atoms with Crippen LogP contribution in [0.2, 0.25) is 0 Å². The predicted molar refractivity (Wildman–Crippen MR) is 89.3 cm³/mol. The maximum atomic E-state index is 12.3. The summed E-state index contributed by atoms with van der Waals surface area (Å²) in [5.74, 6) is 1.33. The zero-order chi connectivity index (χ0) is 17.1. The van der Waals surface area contributed by atoms with Crippen LogP contribution in [0.15, 0.2) is 55.1 Å². The van der Waals surface area contributed by atoms with Crippen molar-refractivity contribution in [2.24, 2.45) is 0 Å². The summed E-state index contributed by atoms with van der Waals surface area (Å²) in [6.07, 6.45) is 3.16. The minimum atomic E-state index is -0.120. The minimum absolute atomic E-state index is 0.120. The molecule has 1 aliphatic heterocycles. The molecule has 126 valence electrons. The quantitative estimate of drug-likeness (QED) is 0.771. The van der Waals surface area contributed by atoms with E-state index in [1.165, 1.54) is 6.33 Å². The number of carbonyl (C=O) groups excluding carboxylic acids is 1. The van der Waals surface area contributed by atoms with Crippen molar-refractivity contribution in [3.63, 3.8) is 0 Å². The van der Waals surface area contributed by atoms with Crippen molar-refractivity contribution in [2.45, 2.75) is 13.1 Å². The first kappa shape index (κ1) is 15.2. The number of benzene rings is 2. The third kappa shape index (κ3) is 3.45. The van der Waals surface area contributed by atoms with E-state index in [0.717, 1.165) is 16.9 Å². The Morgan fingerprint density at radius 1 is 1.08 bits per heavy atom. The summed E-state index contributed by atoms with van der Waals surface area (Å²) in [4.78, 5) is 16.2. The third-order valence-corrected chi connectivity index (χ3v) is 3.92. The van der Waals surface area contributed by atoms with E-state index in [0.29, 0.717) is 24.4 Å². The molecule has 25 heavy (non-hydrogen) atoms. The van der Waals surface area contributed by atoms with Gasteiger partial charge in [-0.3, -0.25) is 4.79 Å². The van der Waals surface area contributed by atoms with Gasteiger partial charge in [0, 0.05) is 12.1 Å². The van der Waals surface area contributed by atoms with Crippen LogP contribution in [0.1, 0.15) is 21.5 Å². The molecule has 0 spiro atoms.